The van der Waals surface area contributed by atoms with Crippen molar-refractivity contribution in [3.8, 4) is 11.5 Å². The average Bonchev–Trinajstić information content (AvgIpc) is 2.55. The SMILES string of the molecule is CC(C)(C)OC(=O)N1CCc2cc(Oc3ccc(N)cc3)ccc2C1. The van der Waals surface area contributed by atoms with Crippen LogP contribution in [0.4, 0.5) is 10.5 Å². The fourth-order valence-corrected chi connectivity index (χ4v) is 2.75. The van der Waals surface area contributed by atoms with E-state index in [0.29, 0.717) is 18.8 Å². The van der Waals surface area contributed by atoms with Crippen LogP contribution in [0.15, 0.2) is 42.5 Å². The summed E-state index contributed by atoms with van der Waals surface area (Å²) in [5.41, 5.74) is 8.25. The Balaban J connectivity index is 1.69. The first kappa shape index (κ1) is 17.1. The minimum Gasteiger partial charge on any atom is -0.457 e. The standard InChI is InChI=1S/C20H24N2O3/c1-20(2,3)25-19(23)22-11-10-14-12-18(7-4-15(14)13-22)24-17-8-5-16(21)6-9-17/h4-9,12H,10-11,13,21H2,1-3H3. The van der Waals surface area contributed by atoms with Gasteiger partial charge in [0.2, 0.25) is 0 Å². The molecule has 1 aliphatic rings. The van der Waals surface area contributed by atoms with Gasteiger partial charge >= 0.3 is 6.09 Å². The van der Waals surface area contributed by atoms with Crippen molar-refractivity contribution in [1.82, 2.24) is 4.90 Å². The molecule has 1 amide bonds. The zero-order valence-corrected chi connectivity index (χ0v) is 14.9. The van der Waals surface area contributed by atoms with Gasteiger partial charge in [0.15, 0.2) is 0 Å². The van der Waals surface area contributed by atoms with Crippen molar-refractivity contribution in [3.63, 3.8) is 0 Å². The second kappa shape index (κ2) is 6.67. The molecule has 2 aromatic rings. The molecule has 0 saturated heterocycles. The molecule has 0 atom stereocenters. The molecule has 0 unspecified atom stereocenters. The molecular weight excluding hydrogens is 316 g/mol. The molecule has 0 radical (unpaired) electrons. The van der Waals surface area contributed by atoms with Gasteiger partial charge in [0.05, 0.1) is 0 Å². The van der Waals surface area contributed by atoms with Crippen molar-refractivity contribution >= 4 is 11.8 Å². The lowest BCUT2D eigenvalue weighted by atomic mass is 10.00. The number of benzene rings is 2. The average molecular weight is 340 g/mol. The van der Waals surface area contributed by atoms with E-state index in [1.807, 2.05) is 63.2 Å². The van der Waals surface area contributed by atoms with Crippen molar-refractivity contribution < 1.29 is 14.3 Å². The Bertz CT molecular complexity index is 764. The molecule has 1 heterocycles. The Labute approximate surface area is 148 Å². The van der Waals surface area contributed by atoms with Crippen LogP contribution >= 0.6 is 0 Å². The quantitative estimate of drug-likeness (QED) is 0.825. The van der Waals surface area contributed by atoms with E-state index < -0.39 is 5.60 Å². The number of nitrogens with two attached hydrogens (primary N) is 1. The third-order valence-corrected chi connectivity index (χ3v) is 3.96. The minimum absolute atomic E-state index is 0.264. The number of carbonyl (C=O) groups is 1. The number of rotatable bonds is 2. The van der Waals surface area contributed by atoms with Crippen LogP contribution in [-0.4, -0.2) is 23.1 Å². The van der Waals surface area contributed by atoms with Crippen LogP contribution in [0.5, 0.6) is 11.5 Å². The highest BCUT2D eigenvalue weighted by Crippen LogP contribution is 2.28. The molecule has 0 spiro atoms. The molecule has 5 nitrogen and oxygen atoms in total. The van der Waals surface area contributed by atoms with E-state index in [2.05, 4.69) is 0 Å². The summed E-state index contributed by atoms with van der Waals surface area (Å²) in [6.45, 7) is 6.84. The number of nitrogens with zero attached hydrogens (tertiary/aromatic N) is 1. The zero-order chi connectivity index (χ0) is 18.0. The molecule has 2 N–H and O–H groups in total. The first-order valence-electron chi connectivity index (χ1n) is 8.43. The highest BCUT2D eigenvalue weighted by Gasteiger charge is 2.25. The van der Waals surface area contributed by atoms with Gasteiger partial charge < -0.3 is 20.1 Å². The molecule has 0 saturated carbocycles. The van der Waals surface area contributed by atoms with Crippen LogP contribution < -0.4 is 10.5 Å². The number of anilines is 1. The first-order chi connectivity index (χ1) is 11.8. The number of nitrogen functional groups attached to an aromatic ring is 1. The van der Waals surface area contributed by atoms with Gasteiger partial charge in [0, 0.05) is 18.8 Å². The molecule has 3 rings (SSSR count). The summed E-state index contributed by atoms with van der Waals surface area (Å²) >= 11 is 0. The smallest absolute Gasteiger partial charge is 0.410 e. The Hall–Kier alpha value is -2.69. The number of carbonyl (C=O) groups excluding carboxylic acids is 1. The van der Waals surface area contributed by atoms with Crippen molar-refractivity contribution in [3.05, 3.63) is 53.6 Å². The lowest BCUT2D eigenvalue weighted by Gasteiger charge is -2.31. The third-order valence-electron chi connectivity index (χ3n) is 3.96. The van der Waals surface area contributed by atoms with Crippen LogP contribution in [0.2, 0.25) is 0 Å². The summed E-state index contributed by atoms with van der Waals surface area (Å²) in [6, 6.07) is 13.3. The molecule has 0 bridgehead atoms. The predicted molar refractivity (Wildman–Crippen MR) is 97.7 cm³/mol. The van der Waals surface area contributed by atoms with E-state index in [0.717, 1.165) is 23.5 Å². The van der Waals surface area contributed by atoms with Crippen molar-refractivity contribution in [1.29, 1.82) is 0 Å². The monoisotopic (exact) mass is 340 g/mol. The topological polar surface area (TPSA) is 64.8 Å². The Morgan fingerprint density at radius 2 is 1.72 bits per heavy atom. The Morgan fingerprint density at radius 3 is 2.40 bits per heavy atom. The maximum Gasteiger partial charge on any atom is 0.410 e. The fraction of sp³-hybridized carbons (Fsp3) is 0.350. The van der Waals surface area contributed by atoms with Crippen molar-refractivity contribution in [2.45, 2.75) is 39.3 Å². The summed E-state index contributed by atoms with van der Waals surface area (Å²) in [6.07, 6.45) is 0.522. The molecule has 25 heavy (non-hydrogen) atoms. The maximum atomic E-state index is 12.2. The number of amides is 1. The first-order valence-corrected chi connectivity index (χ1v) is 8.43. The molecule has 0 aliphatic carbocycles. The maximum absolute atomic E-state index is 12.2. The van der Waals surface area contributed by atoms with Crippen LogP contribution in [0.3, 0.4) is 0 Å². The number of hydrogen-bond donors (Lipinski definition) is 1. The van der Waals surface area contributed by atoms with E-state index in [1.165, 1.54) is 5.56 Å². The Morgan fingerprint density at radius 1 is 1.04 bits per heavy atom. The lowest BCUT2D eigenvalue weighted by molar-refractivity contribution is 0.0224. The highest BCUT2D eigenvalue weighted by molar-refractivity contribution is 5.68. The largest absolute Gasteiger partial charge is 0.457 e. The zero-order valence-electron chi connectivity index (χ0n) is 14.9. The minimum atomic E-state index is -0.478. The van der Waals surface area contributed by atoms with Gasteiger partial charge in [-0.2, -0.15) is 0 Å². The predicted octanol–water partition coefficient (Wildman–Crippen LogP) is 4.35. The van der Waals surface area contributed by atoms with Gasteiger partial charge in [0.1, 0.15) is 17.1 Å². The normalized spacial score (nSPS) is 14.0. The summed E-state index contributed by atoms with van der Waals surface area (Å²) in [7, 11) is 0. The molecule has 1 aliphatic heterocycles. The summed E-state index contributed by atoms with van der Waals surface area (Å²) < 4.78 is 11.3. The van der Waals surface area contributed by atoms with E-state index in [9.17, 15) is 4.79 Å². The van der Waals surface area contributed by atoms with Crippen LogP contribution in [0.25, 0.3) is 0 Å². The molecule has 2 aromatic carbocycles. The van der Waals surface area contributed by atoms with Gasteiger partial charge in [-0.25, -0.2) is 4.79 Å². The fourth-order valence-electron chi connectivity index (χ4n) is 2.75. The summed E-state index contributed by atoms with van der Waals surface area (Å²) in [5.74, 6) is 1.54. The number of hydrogen-bond acceptors (Lipinski definition) is 4. The molecular formula is C20H24N2O3. The van der Waals surface area contributed by atoms with Crippen LogP contribution in [0.1, 0.15) is 31.9 Å². The van der Waals surface area contributed by atoms with Gasteiger partial charge in [-0.05, 0) is 74.7 Å². The Kier molecular flexibility index (Phi) is 4.57. The van der Waals surface area contributed by atoms with Crippen LogP contribution in [0, 0.1) is 0 Å². The summed E-state index contributed by atoms with van der Waals surface area (Å²) in [5, 5.41) is 0. The van der Waals surface area contributed by atoms with E-state index in [1.54, 1.807) is 4.90 Å². The molecule has 0 fully saturated rings. The highest BCUT2D eigenvalue weighted by atomic mass is 16.6. The second-order valence-electron chi connectivity index (χ2n) is 7.25. The summed E-state index contributed by atoms with van der Waals surface area (Å²) in [4.78, 5) is 14.0. The number of ether oxygens (including phenoxy) is 2. The third kappa shape index (κ3) is 4.44. The van der Waals surface area contributed by atoms with E-state index >= 15 is 0 Å². The van der Waals surface area contributed by atoms with Gasteiger partial charge in [-0.15, -0.1) is 0 Å². The van der Waals surface area contributed by atoms with Crippen molar-refractivity contribution in [2.75, 3.05) is 12.3 Å². The van der Waals surface area contributed by atoms with E-state index in [-0.39, 0.29) is 6.09 Å². The van der Waals surface area contributed by atoms with Crippen LogP contribution in [-0.2, 0) is 17.7 Å². The van der Waals surface area contributed by atoms with Crippen molar-refractivity contribution in [2.24, 2.45) is 0 Å². The van der Waals surface area contributed by atoms with Gasteiger partial charge in [0.25, 0.3) is 0 Å². The number of fused-ring (bicyclic) bond motifs is 1. The lowest BCUT2D eigenvalue weighted by Crippen LogP contribution is -2.39. The van der Waals surface area contributed by atoms with E-state index in [4.69, 9.17) is 15.2 Å². The molecule has 5 heteroatoms. The van der Waals surface area contributed by atoms with Gasteiger partial charge in [-0.3, -0.25) is 0 Å². The molecule has 132 valence electrons. The second-order valence-corrected chi connectivity index (χ2v) is 7.25. The van der Waals surface area contributed by atoms with Gasteiger partial charge in [-0.1, -0.05) is 6.07 Å². The molecule has 0 aromatic heterocycles.